The van der Waals surface area contributed by atoms with Crippen LogP contribution in [0.3, 0.4) is 0 Å². The summed E-state index contributed by atoms with van der Waals surface area (Å²) in [4.78, 5) is 34.4. The van der Waals surface area contributed by atoms with Gasteiger partial charge in [0.25, 0.3) is 5.91 Å². The summed E-state index contributed by atoms with van der Waals surface area (Å²) in [7, 11) is 0. The summed E-state index contributed by atoms with van der Waals surface area (Å²) in [5.41, 5.74) is 5.74. The van der Waals surface area contributed by atoms with Crippen LogP contribution in [0.15, 0.2) is 55.0 Å². The van der Waals surface area contributed by atoms with E-state index in [4.69, 9.17) is 0 Å². The molecule has 0 spiro atoms. The highest BCUT2D eigenvalue weighted by Crippen LogP contribution is 2.35. The Hall–Kier alpha value is -3.91. The second kappa shape index (κ2) is 9.38. The van der Waals surface area contributed by atoms with Crippen molar-refractivity contribution in [2.24, 2.45) is 5.41 Å². The van der Waals surface area contributed by atoms with Crippen LogP contribution < -0.4 is 16.0 Å². The second-order valence-corrected chi connectivity index (χ2v) is 10.00. The first-order valence-corrected chi connectivity index (χ1v) is 11.9. The minimum atomic E-state index is -0.339. The van der Waals surface area contributed by atoms with E-state index in [2.05, 4.69) is 56.8 Å². The van der Waals surface area contributed by atoms with Gasteiger partial charge in [0.1, 0.15) is 0 Å². The molecule has 0 atom stereocenters. The average Bonchev–Trinajstić information content (AvgIpc) is 3.44. The van der Waals surface area contributed by atoms with Crippen molar-refractivity contribution >= 4 is 40.6 Å². The summed E-state index contributed by atoms with van der Waals surface area (Å²) < 4.78 is 0. The Labute approximate surface area is 204 Å². The second-order valence-electron chi connectivity index (χ2n) is 10.00. The van der Waals surface area contributed by atoms with E-state index in [1.165, 1.54) is 18.4 Å². The van der Waals surface area contributed by atoms with Crippen molar-refractivity contribution in [1.82, 2.24) is 14.9 Å². The Balaban J connectivity index is 1.17. The lowest BCUT2D eigenvalue weighted by atomic mass is 9.82. The van der Waals surface area contributed by atoms with Crippen LogP contribution in [0.2, 0.25) is 0 Å². The highest BCUT2D eigenvalue weighted by Gasteiger charge is 2.26. The molecule has 1 saturated heterocycles. The maximum Gasteiger partial charge on any atom is 0.323 e. The minimum absolute atomic E-state index is 0.190. The Morgan fingerprint density at radius 3 is 2.51 bits per heavy atom. The van der Waals surface area contributed by atoms with Gasteiger partial charge in [-0.1, -0.05) is 32.0 Å². The average molecular weight is 471 g/mol. The van der Waals surface area contributed by atoms with Gasteiger partial charge in [-0.25, -0.2) is 9.78 Å². The molecule has 0 bridgehead atoms. The van der Waals surface area contributed by atoms with Crippen molar-refractivity contribution < 1.29 is 9.59 Å². The molecule has 0 radical (unpaired) electrons. The van der Waals surface area contributed by atoms with Gasteiger partial charge in [0.05, 0.1) is 29.5 Å². The number of benzene rings is 2. The lowest BCUT2D eigenvalue weighted by molar-refractivity contribution is -0.110. The number of fused-ring (bicyclic) bond motifs is 1. The van der Waals surface area contributed by atoms with Gasteiger partial charge in [-0.15, -0.1) is 0 Å². The van der Waals surface area contributed by atoms with E-state index in [0.717, 1.165) is 36.6 Å². The summed E-state index contributed by atoms with van der Waals surface area (Å²) in [6, 6.07) is 13.0. The third-order valence-corrected chi connectivity index (χ3v) is 6.71. The Kier molecular flexibility index (Phi) is 6.13. The van der Waals surface area contributed by atoms with E-state index in [1.807, 2.05) is 18.2 Å². The summed E-state index contributed by atoms with van der Waals surface area (Å²) in [5.74, 6) is -0.190. The highest BCUT2D eigenvalue weighted by molar-refractivity contribution is 6.35. The van der Waals surface area contributed by atoms with Crippen LogP contribution in [0, 0.1) is 5.41 Å². The van der Waals surface area contributed by atoms with Gasteiger partial charge in [-0.3, -0.25) is 9.69 Å². The molecule has 1 aromatic heterocycles. The number of imidazole rings is 1. The number of aromatic nitrogens is 2. The van der Waals surface area contributed by atoms with E-state index in [0.29, 0.717) is 22.4 Å². The SMILES string of the molecule is CC1(C)CCN(Cc2ccc(NC(=O)Nc3ccc4c(c3)NC(=O)/C4=C\c3cnc[nH]3)cc2)CC1. The molecule has 8 nitrogen and oxygen atoms in total. The van der Waals surface area contributed by atoms with E-state index >= 15 is 0 Å². The largest absolute Gasteiger partial charge is 0.345 e. The first-order chi connectivity index (χ1) is 16.8. The monoisotopic (exact) mass is 470 g/mol. The van der Waals surface area contributed by atoms with Crippen molar-refractivity contribution in [2.45, 2.75) is 33.2 Å². The number of carbonyl (C=O) groups excluding carboxylic acids is 2. The van der Waals surface area contributed by atoms with Gasteiger partial charge in [0.15, 0.2) is 0 Å². The molecule has 0 saturated carbocycles. The summed E-state index contributed by atoms with van der Waals surface area (Å²) >= 11 is 0. The Morgan fingerprint density at radius 2 is 1.80 bits per heavy atom. The predicted octanol–water partition coefficient (Wildman–Crippen LogP) is 5.17. The van der Waals surface area contributed by atoms with Crippen molar-refractivity contribution in [1.29, 1.82) is 0 Å². The molecule has 0 aliphatic carbocycles. The molecule has 35 heavy (non-hydrogen) atoms. The van der Waals surface area contributed by atoms with Crippen molar-refractivity contribution in [3.8, 4) is 0 Å². The van der Waals surface area contributed by atoms with E-state index in [-0.39, 0.29) is 11.9 Å². The standard InChI is InChI=1S/C27H30N6O2/c1-27(2)9-11-33(12-10-27)16-18-3-5-19(6-4-18)30-26(35)31-20-7-8-22-23(13-21-15-28-17-29-21)25(34)32-24(22)14-20/h3-8,13-15,17H,9-12,16H2,1-2H3,(H,28,29)(H,32,34)(H2,30,31,35)/b23-13-. The van der Waals surface area contributed by atoms with Crippen LogP contribution in [-0.2, 0) is 11.3 Å². The first-order valence-electron chi connectivity index (χ1n) is 11.9. The van der Waals surface area contributed by atoms with Crippen LogP contribution in [0.4, 0.5) is 21.9 Å². The number of hydrogen-bond acceptors (Lipinski definition) is 4. The Bertz CT molecular complexity index is 1250. The molecule has 180 valence electrons. The molecule has 4 N–H and O–H groups in total. The van der Waals surface area contributed by atoms with Gasteiger partial charge in [0, 0.05) is 23.5 Å². The van der Waals surface area contributed by atoms with Crippen molar-refractivity contribution in [2.75, 3.05) is 29.0 Å². The molecule has 2 aromatic carbocycles. The van der Waals surface area contributed by atoms with Crippen LogP contribution in [0.25, 0.3) is 11.6 Å². The third kappa shape index (κ3) is 5.44. The number of urea groups is 1. The number of nitrogens with one attached hydrogen (secondary N) is 4. The van der Waals surface area contributed by atoms with Gasteiger partial charge < -0.3 is 20.9 Å². The fraction of sp³-hybridized carbons (Fsp3) is 0.296. The number of aromatic amines is 1. The smallest absolute Gasteiger partial charge is 0.323 e. The summed E-state index contributed by atoms with van der Waals surface area (Å²) in [6.07, 6.45) is 7.42. The number of nitrogens with zero attached hydrogens (tertiary/aromatic N) is 2. The predicted molar refractivity (Wildman–Crippen MR) is 139 cm³/mol. The van der Waals surface area contributed by atoms with Crippen LogP contribution in [0.5, 0.6) is 0 Å². The maximum absolute atomic E-state index is 12.5. The van der Waals surface area contributed by atoms with E-state index in [9.17, 15) is 9.59 Å². The molecule has 8 heteroatoms. The number of anilines is 3. The van der Waals surface area contributed by atoms with Crippen molar-refractivity contribution in [3.05, 3.63) is 71.8 Å². The number of hydrogen-bond donors (Lipinski definition) is 4. The van der Waals surface area contributed by atoms with Crippen molar-refractivity contribution in [3.63, 3.8) is 0 Å². The first kappa shape index (κ1) is 22.9. The zero-order chi connectivity index (χ0) is 24.4. The zero-order valence-electron chi connectivity index (χ0n) is 20.0. The molecule has 2 aliphatic rings. The molecule has 3 amide bonds. The molecule has 5 rings (SSSR count). The number of likely N-dealkylation sites (tertiary alicyclic amines) is 1. The normalized spacial score (nSPS) is 18.2. The molecular formula is C27H30N6O2. The van der Waals surface area contributed by atoms with Gasteiger partial charge in [-0.2, -0.15) is 0 Å². The van der Waals surface area contributed by atoms with Crippen LogP contribution in [-0.4, -0.2) is 39.9 Å². The molecule has 2 aliphatic heterocycles. The van der Waals surface area contributed by atoms with Crippen LogP contribution >= 0.6 is 0 Å². The van der Waals surface area contributed by atoms with Gasteiger partial charge in [-0.05, 0) is 67.3 Å². The van der Waals surface area contributed by atoms with Gasteiger partial charge in [0.2, 0.25) is 0 Å². The lowest BCUT2D eigenvalue weighted by Crippen LogP contribution is -2.36. The maximum atomic E-state index is 12.5. The number of amides is 3. The fourth-order valence-electron chi connectivity index (χ4n) is 4.48. The van der Waals surface area contributed by atoms with Crippen LogP contribution in [0.1, 0.15) is 43.5 Å². The molecule has 3 heterocycles. The quantitative estimate of drug-likeness (QED) is 0.387. The highest BCUT2D eigenvalue weighted by atomic mass is 16.2. The third-order valence-electron chi connectivity index (χ3n) is 6.71. The lowest BCUT2D eigenvalue weighted by Gasteiger charge is -2.36. The van der Waals surface area contributed by atoms with E-state index in [1.54, 1.807) is 30.7 Å². The molecule has 3 aromatic rings. The summed E-state index contributed by atoms with van der Waals surface area (Å²) in [6.45, 7) is 7.85. The number of piperidine rings is 1. The fourth-order valence-corrected chi connectivity index (χ4v) is 4.48. The number of H-pyrrole nitrogens is 1. The summed E-state index contributed by atoms with van der Waals surface area (Å²) in [5, 5.41) is 8.56. The number of carbonyl (C=O) groups is 2. The Morgan fingerprint density at radius 1 is 1.09 bits per heavy atom. The van der Waals surface area contributed by atoms with Gasteiger partial charge >= 0.3 is 6.03 Å². The topological polar surface area (TPSA) is 102 Å². The number of rotatable bonds is 5. The van der Waals surface area contributed by atoms with E-state index < -0.39 is 0 Å². The zero-order valence-corrected chi connectivity index (χ0v) is 20.0. The molecular weight excluding hydrogens is 440 g/mol. The minimum Gasteiger partial charge on any atom is -0.345 e. The molecule has 0 unspecified atom stereocenters. The molecule has 1 fully saturated rings.